The van der Waals surface area contributed by atoms with Gasteiger partial charge in [0.2, 0.25) is 0 Å². The van der Waals surface area contributed by atoms with Crippen LogP contribution in [0.15, 0.2) is 12.2 Å². The highest BCUT2D eigenvalue weighted by Gasteiger charge is 2.01. The number of ether oxygens (including phenoxy) is 1. The van der Waals surface area contributed by atoms with Gasteiger partial charge in [0.25, 0.3) is 0 Å². The summed E-state index contributed by atoms with van der Waals surface area (Å²) >= 11 is 0. The molecule has 0 rings (SSSR count). The van der Waals surface area contributed by atoms with E-state index in [0.717, 1.165) is 6.54 Å². The van der Waals surface area contributed by atoms with Gasteiger partial charge in [-0.05, 0) is 19.4 Å². The molecule has 84 valence electrons. The van der Waals surface area contributed by atoms with E-state index < -0.39 is 0 Å². The van der Waals surface area contributed by atoms with E-state index in [1.54, 1.807) is 6.92 Å². The van der Waals surface area contributed by atoms with E-state index in [9.17, 15) is 4.79 Å². The highest BCUT2D eigenvalue weighted by atomic mass is 16.5. The number of esters is 1. The van der Waals surface area contributed by atoms with Crippen LogP contribution in [0.2, 0.25) is 0 Å². The number of carbonyl (C=O) groups is 1. The fourth-order valence-corrected chi connectivity index (χ4v) is 0.730. The van der Waals surface area contributed by atoms with Gasteiger partial charge in [-0.25, -0.2) is 4.79 Å². The zero-order chi connectivity index (χ0) is 10.3. The lowest BCUT2D eigenvalue weighted by molar-refractivity contribution is -0.138. The van der Waals surface area contributed by atoms with Crippen molar-refractivity contribution >= 4 is 5.97 Å². The molecule has 0 fully saturated rings. The van der Waals surface area contributed by atoms with Crippen LogP contribution < -0.4 is 11.5 Å². The predicted octanol–water partition coefficient (Wildman–Crippen LogP) is 1.51. The van der Waals surface area contributed by atoms with E-state index in [1.165, 1.54) is 0 Å². The van der Waals surface area contributed by atoms with Crippen molar-refractivity contribution in [3.63, 3.8) is 0 Å². The van der Waals surface area contributed by atoms with Crippen LogP contribution in [0.3, 0.4) is 0 Å². The summed E-state index contributed by atoms with van der Waals surface area (Å²) in [6, 6.07) is 0. The molecule has 0 aromatic carbocycles. The minimum Gasteiger partial charge on any atom is -0.461 e. The zero-order valence-corrected chi connectivity index (χ0v) is 9.43. The first kappa shape index (κ1) is 15.6. The molecule has 0 aromatic rings. The van der Waals surface area contributed by atoms with Gasteiger partial charge in [-0.3, -0.25) is 0 Å². The summed E-state index contributed by atoms with van der Waals surface area (Å²) in [5.41, 5.74) is 0.448. The van der Waals surface area contributed by atoms with Gasteiger partial charge in [-0.2, -0.15) is 0 Å². The van der Waals surface area contributed by atoms with Gasteiger partial charge in [0.1, 0.15) is 6.61 Å². The Morgan fingerprint density at radius 2 is 2.07 bits per heavy atom. The lowest BCUT2D eigenvalue weighted by Gasteiger charge is -2.07. The average molecular weight is 202 g/mol. The molecule has 0 saturated carbocycles. The van der Waals surface area contributed by atoms with Crippen molar-refractivity contribution in [3.05, 3.63) is 12.2 Å². The van der Waals surface area contributed by atoms with Crippen LogP contribution in [0.1, 0.15) is 20.8 Å². The second kappa shape index (κ2) is 8.72. The third-order valence-corrected chi connectivity index (χ3v) is 1.41. The minimum absolute atomic E-state index is 0. The second-order valence-electron chi connectivity index (χ2n) is 3.51. The van der Waals surface area contributed by atoms with Gasteiger partial charge < -0.3 is 16.2 Å². The van der Waals surface area contributed by atoms with E-state index in [-0.39, 0.29) is 12.1 Å². The zero-order valence-electron chi connectivity index (χ0n) is 9.43. The standard InChI is InChI=1S/C10H19NO2.H3N/c1-8(2)7-11-5-6-13-10(12)9(3)4;/h8,11H,3,5-7H2,1-2,4H3;1H3. The summed E-state index contributed by atoms with van der Waals surface area (Å²) in [6.45, 7) is 11.5. The van der Waals surface area contributed by atoms with Crippen LogP contribution in [0.5, 0.6) is 0 Å². The van der Waals surface area contributed by atoms with Gasteiger partial charge in [-0.1, -0.05) is 20.4 Å². The maximum absolute atomic E-state index is 10.9. The molecule has 4 heteroatoms. The fourth-order valence-electron chi connectivity index (χ4n) is 0.730. The molecular formula is C10H22N2O2. The third-order valence-electron chi connectivity index (χ3n) is 1.41. The Balaban J connectivity index is 0. The van der Waals surface area contributed by atoms with Crippen molar-refractivity contribution in [3.8, 4) is 0 Å². The van der Waals surface area contributed by atoms with Crippen molar-refractivity contribution in [1.29, 1.82) is 0 Å². The summed E-state index contributed by atoms with van der Waals surface area (Å²) in [7, 11) is 0. The van der Waals surface area contributed by atoms with E-state index in [0.29, 0.717) is 24.6 Å². The van der Waals surface area contributed by atoms with Gasteiger partial charge in [0, 0.05) is 12.1 Å². The summed E-state index contributed by atoms with van der Waals surface area (Å²) in [5, 5.41) is 3.17. The Labute approximate surface area is 86.3 Å². The predicted molar refractivity (Wildman–Crippen MR) is 58.5 cm³/mol. The van der Waals surface area contributed by atoms with Crippen LogP contribution in [-0.4, -0.2) is 25.7 Å². The fraction of sp³-hybridized carbons (Fsp3) is 0.700. The van der Waals surface area contributed by atoms with E-state index in [4.69, 9.17) is 4.74 Å². The number of nitrogens with one attached hydrogen (secondary N) is 1. The van der Waals surface area contributed by atoms with Crippen LogP contribution in [0.4, 0.5) is 0 Å². The van der Waals surface area contributed by atoms with Gasteiger partial charge >= 0.3 is 5.97 Å². The van der Waals surface area contributed by atoms with Crippen LogP contribution >= 0.6 is 0 Å². The maximum atomic E-state index is 10.9. The van der Waals surface area contributed by atoms with Crippen LogP contribution in [0, 0.1) is 5.92 Å². The highest BCUT2D eigenvalue weighted by Crippen LogP contribution is 1.91. The molecule has 0 aliphatic carbocycles. The van der Waals surface area contributed by atoms with Crippen LogP contribution in [-0.2, 0) is 9.53 Å². The molecule has 0 heterocycles. The second-order valence-corrected chi connectivity index (χ2v) is 3.51. The van der Waals surface area contributed by atoms with Crippen molar-refractivity contribution < 1.29 is 9.53 Å². The molecule has 0 aliphatic rings. The molecule has 0 saturated heterocycles. The molecule has 0 spiro atoms. The molecule has 0 unspecified atom stereocenters. The van der Waals surface area contributed by atoms with E-state index in [1.807, 2.05) is 0 Å². The van der Waals surface area contributed by atoms with Gasteiger partial charge in [0.05, 0.1) is 0 Å². The normalized spacial score (nSPS) is 9.43. The topological polar surface area (TPSA) is 73.3 Å². The van der Waals surface area contributed by atoms with E-state index >= 15 is 0 Å². The molecular weight excluding hydrogens is 180 g/mol. The summed E-state index contributed by atoms with van der Waals surface area (Å²) in [5.74, 6) is 0.309. The summed E-state index contributed by atoms with van der Waals surface area (Å²) in [6.07, 6.45) is 0. The van der Waals surface area contributed by atoms with Crippen LogP contribution in [0.25, 0.3) is 0 Å². The molecule has 0 amide bonds. The number of rotatable bonds is 6. The molecule has 0 aromatic heterocycles. The average Bonchev–Trinajstić information content (AvgIpc) is 2.02. The van der Waals surface area contributed by atoms with Crippen molar-refractivity contribution in [2.24, 2.45) is 5.92 Å². The summed E-state index contributed by atoms with van der Waals surface area (Å²) < 4.78 is 4.88. The highest BCUT2D eigenvalue weighted by molar-refractivity contribution is 5.86. The molecule has 4 N–H and O–H groups in total. The van der Waals surface area contributed by atoms with Crippen molar-refractivity contribution in [2.75, 3.05) is 19.7 Å². The first-order valence-corrected chi connectivity index (χ1v) is 4.57. The summed E-state index contributed by atoms with van der Waals surface area (Å²) in [4.78, 5) is 10.9. The monoisotopic (exact) mass is 202 g/mol. The SMILES string of the molecule is C=C(C)C(=O)OCCNCC(C)C.N. The van der Waals surface area contributed by atoms with E-state index in [2.05, 4.69) is 25.7 Å². The van der Waals surface area contributed by atoms with Gasteiger partial charge in [-0.15, -0.1) is 0 Å². The first-order valence-electron chi connectivity index (χ1n) is 4.57. The number of hydrogen-bond donors (Lipinski definition) is 2. The number of hydrogen-bond acceptors (Lipinski definition) is 4. The Bertz CT molecular complexity index is 179. The number of carbonyl (C=O) groups excluding carboxylic acids is 1. The Kier molecular flexibility index (Phi) is 9.71. The molecule has 14 heavy (non-hydrogen) atoms. The minimum atomic E-state index is -0.314. The molecule has 0 aliphatic heterocycles. The van der Waals surface area contributed by atoms with Crippen molar-refractivity contribution in [2.45, 2.75) is 20.8 Å². The quantitative estimate of drug-likeness (QED) is 0.389. The third kappa shape index (κ3) is 9.22. The lowest BCUT2D eigenvalue weighted by atomic mass is 10.2. The Hall–Kier alpha value is -0.870. The first-order chi connectivity index (χ1) is 6.04. The maximum Gasteiger partial charge on any atom is 0.333 e. The molecule has 0 atom stereocenters. The van der Waals surface area contributed by atoms with Gasteiger partial charge in [0.15, 0.2) is 0 Å². The smallest absolute Gasteiger partial charge is 0.333 e. The molecule has 0 bridgehead atoms. The lowest BCUT2D eigenvalue weighted by Crippen LogP contribution is -2.25. The largest absolute Gasteiger partial charge is 0.461 e. The molecule has 0 radical (unpaired) electrons. The van der Waals surface area contributed by atoms with Crippen molar-refractivity contribution in [1.82, 2.24) is 11.5 Å². The Morgan fingerprint density at radius 1 is 1.50 bits per heavy atom. The molecule has 4 nitrogen and oxygen atoms in total. The Morgan fingerprint density at radius 3 is 2.50 bits per heavy atom.